The Labute approximate surface area is 127 Å². The van der Waals surface area contributed by atoms with Crippen molar-refractivity contribution in [2.24, 2.45) is 5.92 Å². The first kappa shape index (κ1) is 15.7. The van der Waals surface area contributed by atoms with E-state index in [-0.39, 0.29) is 5.91 Å². The molecule has 1 aromatic heterocycles. The van der Waals surface area contributed by atoms with Crippen LogP contribution >= 0.6 is 0 Å². The third kappa shape index (κ3) is 5.33. The highest BCUT2D eigenvalue weighted by Gasteiger charge is 2.14. The molecule has 2 N–H and O–H groups in total. The molecular formula is C16H26N4O. The van der Waals surface area contributed by atoms with Gasteiger partial charge in [-0.25, -0.2) is 4.98 Å². The Balaban J connectivity index is 1.71. The van der Waals surface area contributed by atoms with Crippen LogP contribution in [0.5, 0.6) is 0 Å². The number of nitrogens with zero attached hydrogens (tertiary/aromatic N) is 2. The first-order valence-electron chi connectivity index (χ1n) is 8.13. The summed E-state index contributed by atoms with van der Waals surface area (Å²) in [7, 11) is 0. The van der Waals surface area contributed by atoms with Crippen molar-refractivity contribution in [3.8, 4) is 0 Å². The minimum Gasteiger partial charge on any atom is -0.369 e. The first-order valence-corrected chi connectivity index (χ1v) is 8.13. The average Bonchev–Trinajstić information content (AvgIpc) is 3.03. The molecule has 1 aromatic rings. The van der Waals surface area contributed by atoms with Gasteiger partial charge in [0.15, 0.2) is 0 Å². The zero-order chi connectivity index (χ0) is 14.9. The van der Waals surface area contributed by atoms with Crippen LogP contribution in [0, 0.1) is 5.92 Å². The molecular weight excluding hydrogens is 264 g/mol. The SMILES string of the molecule is CCCNc1cncc(C(=O)NCCCC2CCCC2)n1. The summed E-state index contributed by atoms with van der Waals surface area (Å²) in [5.74, 6) is 1.41. The molecule has 5 heteroatoms. The molecule has 2 rings (SSSR count). The van der Waals surface area contributed by atoms with Crippen molar-refractivity contribution in [3.63, 3.8) is 0 Å². The van der Waals surface area contributed by atoms with E-state index in [1.165, 1.54) is 38.3 Å². The van der Waals surface area contributed by atoms with Gasteiger partial charge < -0.3 is 10.6 Å². The molecule has 0 radical (unpaired) electrons. The lowest BCUT2D eigenvalue weighted by atomic mass is 10.0. The van der Waals surface area contributed by atoms with Gasteiger partial charge in [0.2, 0.25) is 0 Å². The summed E-state index contributed by atoms with van der Waals surface area (Å²) in [6.45, 7) is 3.64. The van der Waals surface area contributed by atoms with Crippen LogP contribution in [0.3, 0.4) is 0 Å². The Morgan fingerprint density at radius 2 is 2.10 bits per heavy atom. The minimum atomic E-state index is -0.130. The summed E-state index contributed by atoms with van der Waals surface area (Å²) in [4.78, 5) is 20.4. The second kappa shape index (κ2) is 8.60. The molecule has 0 aromatic carbocycles. The van der Waals surface area contributed by atoms with Crippen LogP contribution in [0.4, 0.5) is 5.82 Å². The van der Waals surface area contributed by atoms with Crippen LogP contribution in [0.25, 0.3) is 0 Å². The highest BCUT2D eigenvalue weighted by Crippen LogP contribution is 2.28. The van der Waals surface area contributed by atoms with Gasteiger partial charge >= 0.3 is 0 Å². The van der Waals surface area contributed by atoms with E-state index in [4.69, 9.17) is 0 Å². The number of amides is 1. The fourth-order valence-electron chi connectivity index (χ4n) is 2.80. The molecule has 0 spiro atoms. The summed E-state index contributed by atoms with van der Waals surface area (Å²) >= 11 is 0. The van der Waals surface area contributed by atoms with Crippen molar-refractivity contribution in [3.05, 3.63) is 18.1 Å². The van der Waals surface area contributed by atoms with Gasteiger partial charge in [-0.1, -0.05) is 32.6 Å². The second-order valence-electron chi connectivity index (χ2n) is 5.76. The lowest BCUT2D eigenvalue weighted by Gasteiger charge is -2.09. The lowest BCUT2D eigenvalue weighted by molar-refractivity contribution is 0.0947. The van der Waals surface area contributed by atoms with Gasteiger partial charge in [-0.2, -0.15) is 0 Å². The number of aromatic nitrogens is 2. The minimum absolute atomic E-state index is 0.130. The van der Waals surface area contributed by atoms with E-state index in [0.29, 0.717) is 11.5 Å². The van der Waals surface area contributed by atoms with Gasteiger partial charge in [0.05, 0.1) is 12.4 Å². The predicted molar refractivity (Wildman–Crippen MR) is 84.3 cm³/mol. The Kier molecular flexibility index (Phi) is 6.44. The predicted octanol–water partition coefficient (Wildman–Crippen LogP) is 3.00. The van der Waals surface area contributed by atoms with Crippen molar-refractivity contribution >= 4 is 11.7 Å². The van der Waals surface area contributed by atoms with E-state index in [1.807, 2.05) is 0 Å². The Morgan fingerprint density at radius 3 is 2.86 bits per heavy atom. The van der Waals surface area contributed by atoms with E-state index in [2.05, 4.69) is 27.5 Å². The van der Waals surface area contributed by atoms with Gasteiger partial charge in [0.25, 0.3) is 5.91 Å². The highest BCUT2D eigenvalue weighted by molar-refractivity contribution is 5.92. The standard InChI is InChI=1S/C16H26N4O/c1-2-9-18-15-12-17-11-14(20-15)16(21)19-10-5-8-13-6-3-4-7-13/h11-13H,2-10H2,1H3,(H,18,20)(H,19,21). The number of hydrogen-bond donors (Lipinski definition) is 2. The van der Waals surface area contributed by atoms with Crippen molar-refractivity contribution in [2.75, 3.05) is 18.4 Å². The zero-order valence-electron chi connectivity index (χ0n) is 12.9. The second-order valence-corrected chi connectivity index (χ2v) is 5.76. The highest BCUT2D eigenvalue weighted by atomic mass is 16.1. The van der Waals surface area contributed by atoms with Gasteiger partial charge in [0, 0.05) is 13.1 Å². The molecule has 21 heavy (non-hydrogen) atoms. The maximum absolute atomic E-state index is 12.0. The van der Waals surface area contributed by atoms with Crippen molar-refractivity contribution < 1.29 is 4.79 Å². The van der Waals surface area contributed by atoms with Crippen LogP contribution in [-0.4, -0.2) is 29.0 Å². The zero-order valence-corrected chi connectivity index (χ0v) is 12.9. The molecule has 1 fully saturated rings. The van der Waals surface area contributed by atoms with E-state index in [1.54, 1.807) is 6.20 Å². The molecule has 0 bridgehead atoms. The average molecular weight is 290 g/mol. The van der Waals surface area contributed by atoms with Crippen LogP contribution in [-0.2, 0) is 0 Å². The molecule has 0 atom stereocenters. The quantitative estimate of drug-likeness (QED) is 0.722. The number of anilines is 1. The van der Waals surface area contributed by atoms with Crippen LogP contribution < -0.4 is 10.6 Å². The third-order valence-corrected chi connectivity index (χ3v) is 3.97. The number of hydrogen-bond acceptors (Lipinski definition) is 4. The summed E-state index contributed by atoms with van der Waals surface area (Å²) < 4.78 is 0. The molecule has 1 aliphatic rings. The topological polar surface area (TPSA) is 66.9 Å². The summed E-state index contributed by atoms with van der Waals surface area (Å²) in [5.41, 5.74) is 0.386. The number of rotatable bonds is 8. The Hall–Kier alpha value is -1.65. The van der Waals surface area contributed by atoms with Crippen LogP contribution in [0.15, 0.2) is 12.4 Å². The molecule has 1 aliphatic carbocycles. The smallest absolute Gasteiger partial charge is 0.271 e. The van der Waals surface area contributed by atoms with Crippen molar-refractivity contribution in [1.29, 1.82) is 0 Å². The Morgan fingerprint density at radius 1 is 1.29 bits per heavy atom. The van der Waals surface area contributed by atoms with Gasteiger partial charge in [-0.15, -0.1) is 0 Å². The molecule has 1 heterocycles. The number of carbonyl (C=O) groups is 1. The lowest BCUT2D eigenvalue weighted by Crippen LogP contribution is -2.26. The third-order valence-electron chi connectivity index (χ3n) is 3.97. The molecule has 0 unspecified atom stereocenters. The molecule has 1 saturated carbocycles. The fraction of sp³-hybridized carbons (Fsp3) is 0.688. The van der Waals surface area contributed by atoms with E-state index >= 15 is 0 Å². The van der Waals surface area contributed by atoms with E-state index in [0.717, 1.165) is 31.8 Å². The fourth-order valence-corrected chi connectivity index (χ4v) is 2.80. The maximum atomic E-state index is 12.0. The van der Waals surface area contributed by atoms with Gasteiger partial charge in [-0.3, -0.25) is 9.78 Å². The van der Waals surface area contributed by atoms with Gasteiger partial charge in [0.1, 0.15) is 11.5 Å². The monoisotopic (exact) mass is 290 g/mol. The van der Waals surface area contributed by atoms with Gasteiger partial charge in [-0.05, 0) is 25.2 Å². The number of nitrogens with one attached hydrogen (secondary N) is 2. The summed E-state index contributed by atoms with van der Waals surface area (Å²) in [5, 5.41) is 6.08. The van der Waals surface area contributed by atoms with Crippen molar-refractivity contribution in [1.82, 2.24) is 15.3 Å². The summed E-state index contributed by atoms with van der Waals surface area (Å²) in [6, 6.07) is 0. The first-order chi connectivity index (χ1) is 10.3. The van der Waals surface area contributed by atoms with E-state index < -0.39 is 0 Å². The molecule has 0 saturated heterocycles. The van der Waals surface area contributed by atoms with E-state index in [9.17, 15) is 4.79 Å². The van der Waals surface area contributed by atoms with Crippen LogP contribution in [0.1, 0.15) is 62.4 Å². The molecule has 1 amide bonds. The normalized spacial score (nSPS) is 15.1. The Bertz CT molecular complexity index is 444. The van der Waals surface area contributed by atoms with Crippen LogP contribution in [0.2, 0.25) is 0 Å². The largest absolute Gasteiger partial charge is 0.369 e. The summed E-state index contributed by atoms with van der Waals surface area (Å²) in [6.07, 6.45) is 11.9. The molecule has 5 nitrogen and oxygen atoms in total. The van der Waals surface area contributed by atoms with Crippen molar-refractivity contribution in [2.45, 2.75) is 51.9 Å². The number of carbonyl (C=O) groups excluding carboxylic acids is 1. The molecule has 116 valence electrons. The molecule has 0 aliphatic heterocycles. The maximum Gasteiger partial charge on any atom is 0.271 e.